The first kappa shape index (κ1) is 21.6. The van der Waals surface area contributed by atoms with Crippen molar-refractivity contribution in [1.29, 1.82) is 0 Å². The minimum Gasteiger partial charge on any atom is -0.487 e. The third-order valence-electron chi connectivity index (χ3n) is 4.26. The fraction of sp³-hybridized carbons (Fsp3) is 0.143. The van der Waals surface area contributed by atoms with Gasteiger partial charge < -0.3 is 10.1 Å². The molecule has 0 aliphatic heterocycles. The molecule has 3 aromatic rings. The smallest absolute Gasteiger partial charge is 0.269 e. The van der Waals surface area contributed by atoms with E-state index in [2.05, 4.69) is 37.2 Å². The number of non-ortho nitro benzene ring substituents is 1. The van der Waals surface area contributed by atoms with Gasteiger partial charge in [-0.05, 0) is 91.9 Å². The van der Waals surface area contributed by atoms with Crippen molar-refractivity contribution in [2.75, 3.05) is 5.32 Å². The Hall–Kier alpha value is -2.09. The van der Waals surface area contributed by atoms with Gasteiger partial charge in [0.2, 0.25) is 0 Å². The van der Waals surface area contributed by atoms with Crippen LogP contribution in [0.3, 0.4) is 0 Å². The van der Waals surface area contributed by atoms with Crippen LogP contribution in [0, 0.1) is 17.0 Å². The highest BCUT2D eigenvalue weighted by Gasteiger charge is 2.11. The number of ether oxygens (including phenoxy) is 1. The molecule has 0 bridgehead atoms. The van der Waals surface area contributed by atoms with Gasteiger partial charge in [0.25, 0.3) is 5.69 Å². The van der Waals surface area contributed by atoms with Crippen LogP contribution in [0.4, 0.5) is 11.4 Å². The molecule has 29 heavy (non-hydrogen) atoms. The number of halogens is 3. The summed E-state index contributed by atoms with van der Waals surface area (Å²) in [6.45, 7) is 2.89. The topological polar surface area (TPSA) is 64.4 Å². The van der Waals surface area contributed by atoms with Gasteiger partial charge in [-0.3, -0.25) is 10.1 Å². The summed E-state index contributed by atoms with van der Waals surface area (Å²) in [4.78, 5) is 10.3. The van der Waals surface area contributed by atoms with Gasteiger partial charge in [0.05, 0.1) is 13.9 Å². The van der Waals surface area contributed by atoms with Gasteiger partial charge in [-0.1, -0.05) is 17.7 Å². The first-order valence-corrected chi connectivity index (χ1v) is 10.6. The van der Waals surface area contributed by atoms with Gasteiger partial charge in [-0.25, -0.2) is 0 Å². The van der Waals surface area contributed by atoms with E-state index in [1.807, 2.05) is 37.3 Å². The Kier molecular flexibility index (Phi) is 7.16. The molecule has 1 N–H and O–H groups in total. The fourth-order valence-electron chi connectivity index (χ4n) is 2.63. The van der Waals surface area contributed by atoms with Crippen molar-refractivity contribution in [3.63, 3.8) is 0 Å². The van der Waals surface area contributed by atoms with Crippen molar-refractivity contribution in [2.45, 2.75) is 20.1 Å². The van der Waals surface area contributed by atoms with E-state index in [0.29, 0.717) is 18.9 Å². The lowest BCUT2D eigenvalue weighted by Gasteiger charge is -2.13. The molecule has 3 aromatic carbocycles. The van der Waals surface area contributed by atoms with Crippen LogP contribution in [0.1, 0.15) is 16.7 Å². The minimum absolute atomic E-state index is 0.0582. The van der Waals surface area contributed by atoms with Crippen molar-refractivity contribution in [3.8, 4) is 5.75 Å². The molecule has 0 radical (unpaired) electrons. The zero-order chi connectivity index (χ0) is 21.0. The Morgan fingerprint density at radius 3 is 2.28 bits per heavy atom. The molecule has 0 aromatic heterocycles. The predicted octanol–water partition coefficient (Wildman–Crippen LogP) is 7.27. The van der Waals surface area contributed by atoms with E-state index in [1.54, 1.807) is 12.1 Å². The molecule has 3 rings (SSSR count). The summed E-state index contributed by atoms with van der Waals surface area (Å²) in [7, 11) is 0. The standard InChI is InChI=1S/C21H17Br2ClN2O3/c1-13-2-5-16(10-20(13)24)25-11-15-8-18(22)21(19(23)9-15)29-12-14-3-6-17(7-4-14)26(27)28/h2-10,25H,11-12H2,1H3. The van der Waals surface area contributed by atoms with Gasteiger partial charge >= 0.3 is 0 Å². The second-order valence-electron chi connectivity index (χ2n) is 6.42. The Balaban J connectivity index is 1.65. The molecular formula is C21H17Br2ClN2O3. The summed E-state index contributed by atoms with van der Waals surface area (Å²) in [6.07, 6.45) is 0. The van der Waals surface area contributed by atoms with Crippen LogP contribution >= 0.6 is 43.5 Å². The largest absolute Gasteiger partial charge is 0.487 e. The van der Waals surface area contributed by atoms with Crippen molar-refractivity contribution in [2.24, 2.45) is 0 Å². The fourth-order valence-corrected chi connectivity index (χ4v) is 4.32. The number of nitrogens with zero attached hydrogens (tertiary/aromatic N) is 1. The molecule has 0 amide bonds. The summed E-state index contributed by atoms with van der Waals surface area (Å²) in [6, 6.07) is 16.2. The quantitative estimate of drug-likeness (QED) is 0.253. The molecule has 0 saturated heterocycles. The second-order valence-corrected chi connectivity index (χ2v) is 8.53. The number of hydrogen-bond acceptors (Lipinski definition) is 4. The van der Waals surface area contributed by atoms with Crippen LogP contribution in [-0.2, 0) is 13.2 Å². The molecule has 0 aliphatic rings. The van der Waals surface area contributed by atoms with Gasteiger partial charge in [0.15, 0.2) is 0 Å². The second kappa shape index (κ2) is 9.61. The number of rotatable bonds is 7. The molecule has 0 aliphatic carbocycles. The Bertz CT molecular complexity index is 1020. The third kappa shape index (κ3) is 5.72. The van der Waals surface area contributed by atoms with Crippen LogP contribution in [-0.4, -0.2) is 4.92 Å². The zero-order valence-corrected chi connectivity index (χ0v) is 19.3. The number of nitrogens with one attached hydrogen (secondary N) is 1. The van der Waals surface area contributed by atoms with Crippen LogP contribution in [0.15, 0.2) is 63.5 Å². The van der Waals surface area contributed by atoms with Crippen LogP contribution in [0.2, 0.25) is 5.02 Å². The van der Waals surface area contributed by atoms with Crippen molar-refractivity contribution in [1.82, 2.24) is 0 Å². The van der Waals surface area contributed by atoms with Crippen LogP contribution < -0.4 is 10.1 Å². The molecule has 0 unspecified atom stereocenters. The van der Waals surface area contributed by atoms with Gasteiger partial charge in [0, 0.05) is 29.4 Å². The maximum atomic E-state index is 10.7. The van der Waals surface area contributed by atoms with E-state index in [0.717, 1.165) is 36.3 Å². The van der Waals surface area contributed by atoms with Crippen molar-refractivity contribution < 1.29 is 9.66 Å². The van der Waals surface area contributed by atoms with Crippen molar-refractivity contribution in [3.05, 3.63) is 95.4 Å². The maximum Gasteiger partial charge on any atom is 0.269 e. The molecule has 0 saturated carbocycles. The lowest BCUT2D eigenvalue weighted by Crippen LogP contribution is -2.02. The average molecular weight is 541 g/mol. The molecule has 5 nitrogen and oxygen atoms in total. The molecule has 8 heteroatoms. The van der Waals surface area contributed by atoms with Crippen molar-refractivity contribution >= 4 is 54.8 Å². The number of anilines is 1. The highest BCUT2D eigenvalue weighted by Crippen LogP contribution is 2.35. The molecular weight excluding hydrogens is 524 g/mol. The zero-order valence-electron chi connectivity index (χ0n) is 15.4. The van der Waals surface area contributed by atoms with Crippen LogP contribution in [0.25, 0.3) is 0 Å². The molecule has 0 atom stereocenters. The van der Waals surface area contributed by atoms with E-state index >= 15 is 0 Å². The molecule has 0 heterocycles. The Morgan fingerprint density at radius 1 is 1.03 bits per heavy atom. The van der Waals surface area contributed by atoms with Gasteiger partial charge in [-0.15, -0.1) is 0 Å². The highest BCUT2D eigenvalue weighted by atomic mass is 79.9. The summed E-state index contributed by atoms with van der Waals surface area (Å²) < 4.78 is 7.52. The summed E-state index contributed by atoms with van der Waals surface area (Å²) >= 11 is 13.3. The highest BCUT2D eigenvalue weighted by molar-refractivity contribution is 9.11. The van der Waals surface area contributed by atoms with Gasteiger partial charge in [-0.2, -0.15) is 0 Å². The van der Waals surface area contributed by atoms with E-state index in [1.165, 1.54) is 12.1 Å². The third-order valence-corrected chi connectivity index (χ3v) is 5.84. The van der Waals surface area contributed by atoms with E-state index in [9.17, 15) is 10.1 Å². The number of nitro benzene ring substituents is 1. The first-order valence-electron chi connectivity index (χ1n) is 8.67. The van der Waals surface area contributed by atoms with E-state index in [-0.39, 0.29) is 5.69 Å². The SMILES string of the molecule is Cc1ccc(NCc2cc(Br)c(OCc3ccc([N+](=O)[O-])cc3)c(Br)c2)cc1Cl. The first-order chi connectivity index (χ1) is 13.8. The molecule has 0 spiro atoms. The normalized spacial score (nSPS) is 10.6. The van der Waals surface area contributed by atoms with Crippen LogP contribution in [0.5, 0.6) is 5.75 Å². The van der Waals surface area contributed by atoms with E-state index < -0.39 is 4.92 Å². The minimum atomic E-state index is -0.421. The Morgan fingerprint density at radius 2 is 1.69 bits per heavy atom. The molecule has 150 valence electrons. The number of nitro groups is 1. The summed E-state index contributed by atoms with van der Waals surface area (Å²) in [5.41, 5.74) is 3.95. The lowest BCUT2D eigenvalue weighted by molar-refractivity contribution is -0.384. The van der Waals surface area contributed by atoms with E-state index in [4.69, 9.17) is 16.3 Å². The van der Waals surface area contributed by atoms with Gasteiger partial charge in [0.1, 0.15) is 12.4 Å². The molecule has 0 fully saturated rings. The monoisotopic (exact) mass is 538 g/mol. The summed E-state index contributed by atoms with van der Waals surface area (Å²) in [5.74, 6) is 0.672. The lowest BCUT2D eigenvalue weighted by atomic mass is 10.2. The number of benzene rings is 3. The summed E-state index contributed by atoms with van der Waals surface area (Å²) in [5, 5.41) is 14.8. The maximum absolute atomic E-state index is 10.7. The number of hydrogen-bond donors (Lipinski definition) is 1. The Labute approximate surface area is 190 Å². The predicted molar refractivity (Wildman–Crippen MR) is 123 cm³/mol. The number of aryl methyl sites for hydroxylation is 1. The average Bonchev–Trinajstić information content (AvgIpc) is 2.68.